The lowest BCUT2D eigenvalue weighted by Crippen LogP contribution is -2.49. The minimum Gasteiger partial charge on any atom is -0.394 e. The molecule has 3 heteroatoms. The number of aliphatic hydroxyl groups is 1. The highest BCUT2D eigenvalue weighted by molar-refractivity contribution is 4.93. The van der Waals surface area contributed by atoms with E-state index >= 15 is 0 Å². The molecule has 106 valence electrons. The third-order valence-electron chi connectivity index (χ3n) is 4.62. The Morgan fingerprint density at radius 3 is 2.67 bits per heavy atom. The van der Waals surface area contributed by atoms with Gasteiger partial charge in [0.2, 0.25) is 0 Å². The fraction of sp³-hybridized carbons (Fsp3) is 1.00. The smallest absolute Gasteiger partial charge is 0.0611 e. The molecule has 0 aromatic rings. The number of hydrogen-bond donors (Lipinski definition) is 2. The molecule has 0 bridgehead atoms. The Morgan fingerprint density at radius 2 is 2.00 bits per heavy atom. The maximum atomic E-state index is 9.63. The van der Waals surface area contributed by atoms with Gasteiger partial charge in [-0.25, -0.2) is 0 Å². The quantitative estimate of drug-likeness (QED) is 0.762. The molecule has 2 rings (SSSR count). The molecule has 3 nitrogen and oxygen atoms in total. The molecule has 0 aromatic carbocycles. The highest BCUT2D eigenvalue weighted by Crippen LogP contribution is 2.25. The van der Waals surface area contributed by atoms with E-state index in [1.165, 1.54) is 45.1 Å². The highest BCUT2D eigenvalue weighted by atomic mass is 16.3. The normalized spacial score (nSPS) is 29.8. The number of likely N-dealkylation sites (tertiary alicyclic amines) is 1. The lowest BCUT2D eigenvalue weighted by Gasteiger charge is -2.34. The van der Waals surface area contributed by atoms with Gasteiger partial charge < -0.3 is 15.3 Å². The summed E-state index contributed by atoms with van der Waals surface area (Å²) >= 11 is 0. The van der Waals surface area contributed by atoms with E-state index in [0.717, 1.165) is 19.0 Å². The summed E-state index contributed by atoms with van der Waals surface area (Å²) in [7, 11) is 0. The van der Waals surface area contributed by atoms with Gasteiger partial charge in [-0.1, -0.05) is 12.8 Å². The monoisotopic (exact) mass is 254 g/mol. The third-order valence-corrected chi connectivity index (χ3v) is 4.62. The van der Waals surface area contributed by atoms with Crippen molar-refractivity contribution in [1.82, 2.24) is 10.2 Å². The van der Waals surface area contributed by atoms with E-state index in [4.69, 9.17) is 0 Å². The van der Waals surface area contributed by atoms with Gasteiger partial charge >= 0.3 is 0 Å². The van der Waals surface area contributed by atoms with Gasteiger partial charge in [-0.2, -0.15) is 0 Å². The maximum absolute atomic E-state index is 9.63. The largest absolute Gasteiger partial charge is 0.394 e. The first-order valence-corrected chi connectivity index (χ1v) is 7.75. The maximum Gasteiger partial charge on any atom is 0.0611 e. The molecule has 1 saturated carbocycles. The lowest BCUT2D eigenvalue weighted by atomic mass is 9.98. The van der Waals surface area contributed by atoms with E-state index < -0.39 is 0 Å². The van der Waals surface area contributed by atoms with Crippen molar-refractivity contribution in [2.45, 2.75) is 76.4 Å². The van der Waals surface area contributed by atoms with Crippen molar-refractivity contribution >= 4 is 0 Å². The topological polar surface area (TPSA) is 35.5 Å². The first kappa shape index (κ1) is 14.3. The molecule has 2 atom stereocenters. The van der Waals surface area contributed by atoms with E-state index in [1.54, 1.807) is 0 Å². The summed E-state index contributed by atoms with van der Waals surface area (Å²) in [5.74, 6) is 0. The fourth-order valence-corrected chi connectivity index (χ4v) is 2.97. The molecular formula is C15H30N2O. The molecule has 1 aliphatic carbocycles. The van der Waals surface area contributed by atoms with E-state index in [1.807, 2.05) is 0 Å². The van der Waals surface area contributed by atoms with Crippen molar-refractivity contribution in [1.29, 1.82) is 0 Å². The summed E-state index contributed by atoms with van der Waals surface area (Å²) in [6, 6.07) is 1.39. The van der Waals surface area contributed by atoms with E-state index in [2.05, 4.69) is 24.1 Å². The number of hydrogen-bond acceptors (Lipinski definition) is 3. The molecule has 0 aromatic heterocycles. The van der Waals surface area contributed by atoms with E-state index in [0.29, 0.717) is 6.04 Å². The number of nitrogens with zero attached hydrogens (tertiary/aromatic N) is 1. The summed E-state index contributed by atoms with van der Waals surface area (Å²) in [5, 5.41) is 13.2. The van der Waals surface area contributed by atoms with Gasteiger partial charge in [-0.3, -0.25) is 0 Å². The van der Waals surface area contributed by atoms with Crippen LogP contribution in [0.3, 0.4) is 0 Å². The molecule has 1 heterocycles. The second-order valence-corrected chi connectivity index (χ2v) is 6.62. The SMILES string of the molecule is CC1CCCCCN1CCC(C)(CO)NC1CC1. The first-order valence-electron chi connectivity index (χ1n) is 7.75. The molecule has 0 amide bonds. The number of nitrogens with one attached hydrogen (secondary N) is 1. The Balaban J connectivity index is 1.79. The highest BCUT2D eigenvalue weighted by Gasteiger charge is 2.32. The van der Waals surface area contributed by atoms with Gasteiger partial charge in [0.05, 0.1) is 6.61 Å². The summed E-state index contributed by atoms with van der Waals surface area (Å²) in [6.07, 6.45) is 9.09. The van der Waals surface area contributed by atoms with Crippen LogP contribution in [0.5, 0.6) is 0 Å². The molecule has 2 unspecified atom stereocenters. The number of aliphatic hydroxyl groups excluding tert-OH is 1. The first-order chi connectivity index (χ1) is 8.63. The van der Waals surface area contributed by atoms with Crippen molar-refractivity contribution in [2.24, 2.45) is 0 Å². The molecule has 2 N–H and O–H groups in total. The second kappa shape index (κ2) is 6.36. The van der Waals surface area contributed by atoms with Crippen molar-refractivity contribution in [3.63, 3.8) is 0 Å². The molecule has 0 spiro atoms. The summed E-state index contributed by atoms with van der Waals surface area (Å²) < 4.78 is 0. The van der Waals surface area contributed by atoms with Crippen LogP contribution in [-0.4, -0.2) is 47.3 Å². The minimum absolute atomic E-state index is 0.0762. The van der Waals surface area contributed by atoms with Gasteiger partial charge in [0, 0.05) is 24.2 Å². The Hall–Kier alpha value is -0.120. The van der Waals surface area contributed by atoms with Crippen molar-refractivity contribution in [3.05, 3.63) is 0 Å². The molecule has 2 aliphatic rings. The molecule has 2 fully saturated rings. The van der Waals surface area contributed by atoms with Crippen LogP contribution < -0.4 is 5.32 Å². The van der Waals surface area contributed by atoms with Crippen molar-refractivity contribution in [2.75, 3.05) is 19.7 Å². The van der Waals surface area contributed by atoms with Crippen LogP contribution in [0.4, 0.5) is 0 Å². The average molecular weight is 254 g/mol. The standard InChI is InChI=1S/C15H30N2O/c1-13-6-4-3-5-10-17(13)11-9-15(2,12-18)16-14-7-8-14/h13-14,16,18H,3-12H2,1-2H3. The predicted molar refractivity (Wildman–Crippen MR) is 75.8 cm³/mol. The zero-order valence-electron chi connectivity index (χ0n) is 12.1. The van der Waals surface area contributed by atoms with E-state index in [-0.39, 0.29) is 12.1 Å². The van der Waals surface area contributed by atoms with Crippen LogP contribution in [-0.2, 0) is 0 Å². The number of rotatable bonds is 6. The van der Waals surface area contributed by atoms with Crippen LogP contribution in [0, 0.1) is 0 Å². The zero-order chi connectivity index (χ0) is 13.0. The van der Waals surface area contributed by atoms with Crippen LogP contribution in [0.2, 0.25) is 0 Å². The lowest BCUT2D eigenvalue weighted by molar-refractivity contribution is 0.131. The Labute approximate surface area is 112 Å². The van der Waals surface area contributed by atoms with Crippen LogP contribution in [0.25, 0.3) is 0 Å². The molecule has 1 saturated heterocycles. The summed E-state index contributed by atoms with van der Waals surface area (Å²) in [4.78, 5) is 2.62. The van der Waals surface area contributed by atoms with Gasteiger partial charge in [0.15, 0.2) is 0 Å². The van der Waals surface area contributed by atoms with Crippen LogP contribution in [0.15, 0.2) is 0 Å². The van der Waals surface area contributed by atoms with Crippen molar-refractivity contribution < 1.29 is 5.11 Å². The van der Waals surface area contributed by atoms with Crippen LogP contribution in [0.1, 0.15) is 58.8 Å². The molecule has 18 heavy (non-hydrogen) atoms. The fourth-order valence-electron chi connectivity index (χ4n) is 2.97. The van der Waals surface area contributed by atoms with Gasteiger partial charge in [0.25, 0.3) is 0 Å². The van der Waals surface area contributed by atoms with Crippen LogP contribution >= 0.6 is 0 Å². The minimum atomic E-state index is -0.0762. The molecule has 1 aliphatic heterocycles. The van der Waals surface area contributed by atoms with Gasteiger partial charge in [-0.15, -0.1) is 0 Å². The third kappa shape index (κ3) is 4.22. The second-order valence-electron chi connectivity index (χ2n) is 6.62. The molecular weight excluding hydrogens is 224 g/mol. The predicted octanol–water partition coefficient (Wildman–Crippen LogP) is 2.14. The summed E-state index contributed by atoms with van der Waals surface area (Å²) in [5.41, 5.74) is -0.0762. The van der Waals surface area contributed by atoms with E-state index in [9.17, 15) is 5.11 Å². The zero-order valence-corrected chi connectivity index (χ0v) is 12.1. The van der Waals surface area contributed by atoms with Crippen molar-refractivity contribution in [3.8, 4) is 0 Å². The summed E-state index contributed by atoms with van der Waals surface area (Å²) in [6.45, 7) is 7.15. The Kier molecular flexibility index (Phi) is 5.05. The Bertz CT molecular complexity index is 255. The Morgan fingerprint density at radius 1 is 1.22 bits per heavy atom. The average Bonchev–Trinajstić information content (AvgIpc) is 3.16. The van der Waals surface area contributed by atoms with Gasteiger partial charge in [0.1, 0.15) is 0 Å². The molecule has 0 radical (unpaired) electrons. The van der Waals surface area contributed by atoms with Gasteiger partial charge in [-0.05, 0) is 52.5 Å².